The molecule has 3 heterocycles. The lowest BCUT2D eigenvalue weighted by molar-refractivity contribution is 0.0932. The number of fused-ring (bicyclic) bond motifs is 1. The molecule has 6 nitrogen and oxygen atoms in total. The van der Waals surface area contributed by atoms with Gasteiger partial charge in [-0.2, -0.15) is 0 Å². The van der Waals surface area contributed by atoms with E-state index in [4.69, 9.17) is 4.52 Å². The van der Waals surface area contributed by atoms with Gasteiger partial charge in [-0.05, 0) is 50.9 Å². The lowest BCUT2D eigenvalue weighted by Gasteiger charge is -2.23. The van der Waals surface area contributed by atoms with E-state index in [9.17, 15) is 4.79 Å². The molecule has 0 bridgehead atoms. The summed E-state index contributed by atoms with van der Waals surface area (Å²) >= 11 is 0. The molecule has 1 fully saturated rings. The first-order valence-electron chi connectivity index (χ1n) is 8.69. The second-order valence-corrected chi connectivity index (χ2v) is 6.67. The summed E-state index contributed by atoms with van der Waals surface area (Å²) < 4.78 is 5.54. The Morgan fingerprint density at radius 3 is 3.04 bits per heavy atom. The number of nitrogens with zero attached hydrogens (tertiary/aromatic N) is 3. The first-order chi connectivity index (χ1) is 11.8. The van der Waals surface area contributed by atoms with E-state index in [1.54, 1.807) is 24.5 Å². The molecule has 0 spiro atoms. The first-order valence-corrected chi connectivity index (χ1v) is 8.69. The summed E-state index contributed by atoms with van der Waals surface area (Å²) in [4.78, 5) is 18.8. The summed E-state index contributed by atoms with van der Waals surface area (Å²) in [7, 11) is 0. The van der Waals surface area contributed by atoms with Crippen molar-refractivity contribution >= 4 is 5.91 Å². The highest BCUT2D eigenvalue weighted by Crippen LogP contribution is 2.26. The summed E-state index contributed by atoms with van der Waals surface area (Å²) in [6.07, 6.45) is 8.33. The van der Waals surface area contributed by atoms with Crippen LogP contribution in [-0.2, 0) is 19.4 Å². The van der Waals surface area contributed by atoms with E-state index in [-0.39, 0.29) is 11.9 Å². The molecule has 1 saturated heterocycles. The highest BCUT2D eigenvalue weighted by Gasteiger charge is 2.28. The number of likely N-dealkylation sites (tertiary alicyclic amines) is 1. The number of aromatic nitrogens is 2. The Labute approximate surface area is 141 Å². The maximum atomic E-state index is 12.3. The fourth-order valence-electron chi connectivity index (χ4n) is 3.63. The molecule has 1 atom stereocenters. The van der Waals surface area contributed by atoms with Crippen LogP contribution in [0.5, 0.6) is 0 Å². The van der Waals surface area contributed by atoms with Crippen LogP contribution in [0, 0.1) is 0 Å². The number of carbonyl (C=O) groups is 1. The average Bonchev–Trinajstić information content (AvgIpc) is 3.26. The summed E-state index contributed by atoms with van der Waals surface area (Å²) in [6.45, 7) is 3.15. The summed E-state index contributed by atoms with van der Waals surface area (Å²) in [6, 6.07) is 3.69. The zero-order valence-corrected chi connectivity index (χ0v) is 13.7. The normalized spacial score (nSPS) is 20.8. The average molecular weight is 326 g/mol. The third-order valence-corrected chi connectivity index (χ3v) is 4.95. The van der Waals surface area contributed by atoms with Gasteiger partial charge in [-0.15, -0.1) is 0 Å². The lowest BCUT2D eigenvalue weighted by atomic mass is 9.91. The Hall–Kier alpha value is -2.21. The van der Waals surface area contributed by atoms with Crippen molar-refractivity contribution in [2.45, 2.75) is 44.7 Å². The number of amides is 1. The van der Waals surface area contributed by atoms with Crippen molar-refractivity contribution in [3.63, 3.8) is 0 Å². The Kier molecular flexibility index (Phi) is 4.30. The molecule has 1 unspecified atom stereocenters. The molecule has 0 radical (unpaired) electrons. The van der Waals surface area contributed by atoms with Gasteiger partial charge in [0.25, 0.3) is 5.91 Å². The number of hydrogen-bond acceptors (Lipinski definition) is 5. The molecule has 1 aliphatic heterocycles. The van der Waals surface area contributed by atoms with Crippen LogP contribution in [-0.4, -0.2) is 40.1 Å². The zero-order valence-electron chi connectivity index (χ0n) is 13.7. The van der Waals surface area contributed by atoms with E-state index >= 15 is 0 Å². The van der Waals surface area contributed by atoms with Crippen LogP contribution >= 0.6 is 0 Å². The zero-order chi connectivity index (χ0) is 16.4. The highest BCUT2D eigenvalue weighted by atomic mass is 16.5. The molecule has 1 amide bonds. The maximum absolute atomic E-state index is 12.3. The molecule has 2 aliphatic rings. The van der Waals surface area contributed by atoms with Crippen LogP contribution < -0.4 is 5.32 Å². The quantitative estimate of drug-likeness (QED) is 0.930. The molecular weight excluding hydrogens is 304 g/mol. The van der Waals surface area contributed by atoms with Gasteiger partial charge in [-0.3, -0.25) is 14.7 Å². The topological polar surface area (TPSA) is 71.3 Å². The van der Waals surface area contributed by atoms with Crippen molar-refractivity contribution in [2.75, 3.05) is 13.1 Å². The van der Waals surface area contributed by atoms with Crippen LogP contribution in [0.25, 0.3) is 0 Å². The van der Waals surface area contributed by atoms with Crippen LogP contribution in [0.4, 0.5) is 0 Å². The molecule has 6 heteroatoms. The van der Waals surface area contributed by atoms with Gasteiger partial charge in [0.2, 0.25) is 0 Å². The van der Waals surface area contributed by atoms with Gasteiger partial charge in [0.05, 0.1) is 5.56 Å². The fourth-order valence-corrected chi connectivity index (χ4v) is 3.63. The third kappa shape index (κ3) is 3.19. The first kappa shape index (κ1) is 15.3. The Morgan fingerprint density at radius 1 is 1.38 bits per heavy atom. The van der Waals surface area contributed by atoms with Crippen molar-refractivity contribution in [2.24, 2.45) is 0 Å². The minimum absolute atomic E-state index is 0.0610. The van der Waals surface area contributed by atoms with E-state index in [2.05, 4.69) is 20.4 Å². The molecule has 0 aromatic carbocycles. The summed E-state index contributed by atoms with van der Waals surface area (Å²) in [5.41, 5.74) is 2.85. The molecule has 1 aliphatic carbocycles. The van der Waals surface area contributed by atoms with Crippen molar-refractivity contribution in [3.8, 4) is 0 Å². The molecule has 2 aromatic heterocycles. The van der Waals surface area contributed by atoms with Crippen molar-refractivity contribution < 1.29 is 9.32 Å². The van der Waals surface area contributed by atoms with Crippen molar-refractivity contribution in [1.82, 2.24) is 20.4 Å². The number of rotatable bonds is 4. The van der Waals surface area contributed by atoms with Gasteiger partial charge in [-0.25, -0.2) is 0 Å². The predicted molar refractivity (Wildman–Crippen MR) is 88.5 cm³/mol. The smallest absolute Gasteiger partial charge is 0.253 e. The highest BCUT2D eigenvalue weighted by molar-refractivity contribution is 5.94. The Bertz CT molecular complexity index is 707. The third-order valence-electron chi connectivity index (χ3n) is 4.95. The fraction of sp³-hybridized carbons (Fsp3) is 0.500. The number of aryl methyl sites for hydroxylation is 1. The largest absolute Gasteiger partial charge is 0.361 e. The van der Waals surface area contributed by atoms with Crippen LogP contribution in [0.1, 0.15) is 46.6 Å². The van der Waals surface area contributed by atoms with E-state index in [0.29, 0.717) is 5.56 Å². The molecule has 0 saturated carbocycles. The molecule has 1 N–H and O–H groups in total. The number of pyridine rings is 1. The molecule has 24 heavy (non-hydrogen) atoms. The second-order valence-electron chi connectivity index (χ2n) is 6.67. The number of nitrogens with one attached hydrogen (secondary N) is 1. The predicted octanol–water partition coefficient (Wildman–Crippen LogP) is 1.95. The van der Waals surface area contributed by atoms with Gasteiger partial charge in [0.15, 0.2) is 0 Å². The van der Waals surface area contributed by atoms with Crippen LogP contribution in [0.15, 0.2) is 29.0 Å². The molecule has 2 aromatic rings. The number of carbonyl (C=O) groups excluding carboxylic acids is 1. The maximum Gasteiger partial charge on any atom is 0.253 e. The minimum atomic E-state index is -0.0610. The summed E-state index contributed by atoms with van der Waals surface area (Å²) in [5.74, 6) is 0.935. The van der Waals surface area contributed by atoms with Crippen molar-refractivity contribution in [3.05, 3.63) is 47.1 Å². The molecule has 126 valence electrons. The van der Waals surface area contributed by atoms with Gasteiger partial charge in [0.1, 0.15) is 11.5 Å². The SMILES string of the molecule is O=C(NC1CCc2onc(CN3CCCC3)c2C1)c1cccnc1. The molecular formula is C18H22N4O2. The van der Waals surface area contributed by atoms with Crippen LogP contribution in [0.2, 0.25) is 0 Å². The van der Waals surface area contributed by atoms with E-state index in [1.807, 2.05) is 0 Å². The standard InChI is InChI=1S/C18H22N4O2/c23-18(13-4-3-7-19-11-13)20-14-5-6-17-15(10-14)16(21-24-17)12-22-8-1-2-9-22/h3-4,7,11,14H,1-2,5-6,8-10,12H2,(H,20,23). The molecule has 4 rings (SSSR count). The Morgan fingerprint density at radius 2 is 2.25 bits per heavy atom. The number of hydrogen-bond donors (Lipinski definition) is 1. The van der Waals surface area contributed by atoms with E-state index in [0.717, 1.165) is 50.4 Å². The van der Waals surface area contributed by atoms with E-state index in [1.165, 1.54) is 18.4 Å². The van der Waals surface area contributed by atoms with Crippen molar-refractivity contribution in [1.29, 1.82) is 0 Å². The van der Waals surface area contributed by atoms with Gasteiger partial charge in [-0.1, -0.05) is 5.16 Å². The minimum Gasteiger partial charge on any atom is -0.361 e. The second kappa shape index (κ2) is 6.73. The van der Waals surface area contributed by atoms with E-state index < -0.39 is 0 Å². The van der Waals surface area contributed by atoms with Crippen LogP contribution in [0.3, 0.4) is 0 Å². The van der Waals surface area contributed by atoms with Gasteiger partial charge in [0, 0.05) is 37.0 Å². The summed E-state index contributed by atoms with van der Waals surface area (Å²) in [5, 5.41) is 7.42. The Balaban J connectivity index is 1.43. The van der Waals surface area contributed by atoms with Gasteiger partial charge < -0.3 is 9.84 Å². The van der Waals surface area contributed by atoms with Gasteiger partial charge >= 0.3 is 0 Å². The lowest BCUT2D eigenvalue weighted by Crippen LogP contribution is -2.39. The monoisotopic (exact) mass is 326 g/mol.